The van der Waals surface area contributed by atoms with Gasteiger partial charge in [0.15, 0.2) is 0 Å². The summed E-state index contributed by atoms with van der Waals surface area (Å²) in [6.07, 6.45) is 4.75. The lowest BCUT2D eigenvalue weighted by Crippen LogP contribution is -2.46. The lowest BCUT2D eigenvalue weighted by Gasteiger charge is -2.36. The van der Waals surface area contributed by atoms with Crippen LogP contribution in [0, 0.1) is 0 Å². The molecule has 0 radical (unpaired) electrons. The molecule has 2 aromatic carbocycles. The number of anilines is 2. The normalized spacial score (nSPS) is 16.8. The van der Waals surface area contributed by atoms with Gasteiger partial charge in [-0.05, 0) is 60.7 Å². The Kier molecular flexibility index (Phi) is 6.90. The van der Waals surface area contributed by atoms with E-state index in [1.165, 1.54) is 23.2 Å². The van der Waals surface area contributed by atoms with Gasteiger partial charge >= 0.3 is 0 Å². The zero-order valence-electron chi connectivity index (χ0n) is 18.0. The second-order valence-corrected chi connectivity index (χ2v) is 8.31. The molecule has 2 aliphatic rings. The number of hydrogen-bond acceptors (Lipinski definition) is 4. The number of benzene rings is 2. The molecule has 0 spiro atoms. The van der Waals surface area contributed by atoms with Crippen molar-refractivity contribution in [3.05, 3.63) is 53.6 Å². The summed E-state index contributed by atoms with van der Waals surface area (Å²) < 4.78 is 5.96. The summed E-state index contributed by atoms with van der Waals surface area (Å²) in [6, 6.07) is 15.1. The molecule has 2 aromatic rings. The van der Waals surface area contributed by atoms with E-state index < -0.39 is 0 Å². The second kappa shape index (κ2) is 9.98. The van der Waals surface area contributed by atoms with E-state index in [1.54, 1.807) is 0 Å². The van der Waals surface area contributed by atoms with Gasteiger partial charge in [0.05, 0.1) is 6.61 Å². The zero-order chi connectivity index (χ0) is 20.8. The van der Waals surface area contributed by atoms with Gasteiger partial charge in [-0.25, -0.2) is 0 Å². The number of carbonyl (C=O) groups excluding carboxylic acids is 1. The number of piperazine rings is 1. The van der Waals surface area contributed by atoms with Crippen molar-refractivity contribution >= 4 is 17.3 Å². The first kappa shape index (κ1) is 20.7. The predicted molar refractivity (Wildman–Crippen MR) is 123 cm³/mol. The molecule has 0 aliphatic carbocycles. The van der Waals surface area contributed by atoms with Crippen molar-refractivity contribution in [3.63, 3.8) is 0 Å². The van der Waals surface area contributed by atoms with Crippen LogP contribution in [0.3, 0.4) is 0 Å². The van der Waals surface area contributed by atoms with Crippen molar-refractivity contribution in [3.8, 4) is 5.75 Å². The SMILES string of the molecule is CCCc1ccc(N2CCN(CCCOc3ccc4c(c3)CCC(=O)N4)CC2)cc1. The van der Waals surface area contributed by atoms with Crippen LogP contribution in [0.2, 0.25) is 0 Å². The topological polar surface area (TPSA) is 44.8 Å². The predicted octanol–water partition coefficient (Wildman–Crippen LogP) is 4.11. The molecule has 1 N–H and O–H groups in total. The average Bonchev–Trinajstić information content (AvgIpc) is 2.78. The first-order valence-corrected chi connectivity index (χ1v) is 11.3. The minimum Gasteiger partial charge on any atom is -0.494 e. The van der Waals surface area contributed by atoms with Gasteiger partial charge in [0.25, 0.3) is 0 Å². The van der Waals surface area contributed by atoms with E-state index in [2.05, 4.69) is 52.4 Å². The lowest BCUT2D eigenvalue weighted by molar-refractivity contribution is -0.116. The fourth-order valence-electron chi connectivity index (χ4n) is 4.32. The molecule has 1 fully saturated rings. The summed E-state index contributed by atoms with van der Waals surface area (Å²) in [4.78, 5) is 16.5. The Morgan fingerprint density at radius 2 is 1.80 bits per heavy atom. The van der Waals surface area contributed by atoms with Crippen LogP contribution < -0.4 is 15.0 Å². The molecular formula is C25H33N3O2. The highest BCUT2D eigenvalue weighted by Crippen LogP contribution is 2.27. The Hall–Kier alpha value is -2.53. The quantitative estimate of drug-likeness (QED) is 0.669. The number of carbonyl (C=O) groups is 1. The van der Waals surface area contributed by atoms with E-state index >= 15 is 0 Å². The maximum Gasteiger partial charge on any atom is 0.224 e. The van der Waals surface area contributed by atoms with Gasteiger partial charge < -0.3 is 15.0 Å². The molecule has 160 valence electrons. The van der Waals surface area contributed by atoms with Gasteiger partial charge in [-0.15, -0.1) is 0 Å². The molecule has 30 heavy (non-hydrogen) atoms. The number of amides is 1. The van der Waals surface area contributed by atoms with Crippen LogP contribution in [0.15, 0.2) is 42.5 Å². The van der Waals surface area contributed by atoms with Crippen molar-refractivity contribution in [2.45, 2.75) is 39.0 Å². The molecule has 0 unspecified atom stereocenters. The Morgan fingerprint density at radius 3 is 2.57 bits per heavy atom. The van der Waals surface area contributed by atoms with Crippen molar-refractivity contribution in [1.82, 2.24) is 4.90 Å². The van der Waals surface area contributed by atoms with E-state index in [9.17, 15) is 4.79 Å². The van der Waals surface area contributed by atoms with Crippen LogP contribution in [-0.4, -0.2) is 50.1 Å². The Morgan fingerprint density at radius 1 is 1.00 bits per heavy atom. The second-order valence-electron chi connectivity index (χ2n) is 8.31. The third kappa shape index (κ3) is 5.33. The molecule has 4 rings (SSSR count). The van der Waals surface area contributed by atoms with Crippen molar-refractivity contribution < 1.29 is 9.53 Å². The summed E-state index contributed by atoms with van der Waals surface area (Å²) >= 11 is 0. The van der Waals surface area contributed by atoms with Crippen LogP contribution in [-0.2, 0) is 17.6 Å². The largest absolute Gasteiger partial charge is 0.494 e. The molecule has 2 heterocycles. The summed E-state index contributed by atoms with van der Waals surface area (Å²) in [6.45, 7) is 8.42. The number of nitrogens with one attached hydrogen (secondary N) is 1. The van der Waals surface area contributed by atoms with Crippen LogP contribution in [0.25, 0.3) is 0 Å². The van der Waals surface area contributed by atoms with Gasteiger partial charge in [-0.1, -0.05) is 25.5 Å². The monoisotopic (exact) mass is 407 g/mol. The molecule has 5 nitrogen and oxygen atoms in total. The lowest BCUT2D eigenvalue weighted by atomic mass is 10.0. The van der Waals surface area contributed by atoms with E-state index in [4.69, 9.17) is 4.74 Å². The third-order valence-corrected chi connectivity index (χ3v) is 6.07. The molecule has 0 aromatic heterocycles. The molecule has 2 aliphatic heterocycles. The Bertz CT molecular complexity index is 842. The Balaban J connectivity index is 1.16. The van der Waals surface area contributed by atoms with Gasteiger partial charge in [-0.2, -0.15) is 0 Å². The number of rotatable bonds is 8. The number of ether oxygens (including phenoxy) is 1. The highest BCUT2D eigenvalue weighted by atomic mass is 16.5. The van der Waals surface area contributed by atoms with Crippen LogP contribution >= 0.6 is 0 Å². The van der Waals surface area contributed by atoms with E-state index in [1.807, 2.05) is 12.1 Å². The molecular weight excluding hydrogens is 374 g/mol. The number of hydrogen-bond donors (Lipinski definition) is 1. The highest BCUT2D eigenvalue weighted by Gasteiger charge is 2.17. The van der Waals surface area contributed by atoms with E-state index in [-0.39, 0.29) is 5.91 Å². The molecule has 0 atom stereocenters. The molecule has 0 bridgehead atoms. The van der Waals surface area contributed by atoms with Crippen LogP contribution in [0.5, 0.6) is 5.75 Å². The maximum atomic E-state index is 11.5. The summed E-state index contributed by atoms with van der Waals surface area (Å²) in [5.74, 6) is 1.01. The number of fused-ring (bicyclic) bond motifs is 1. The number of nitrogens with zero attached hydrogens (tertiary/aromatic N) is 2. The highest BCUT2D eigenvalue weighted by molar-refractivity contribution is 5.93. The maximum absolute atomic E-state index is 11.5. The molecule has 1 saturated heterocycles. The smallest absolute Gasteiger partial charge is 0.224 e. The van der Waals surface area contributed by atoms with E-state index in [0.29, 0.717) is 6.42 Å². The number of aryl methyl sites for hydroxylation is 2. The fourth-order valence-corrected chi connectivity index (χ4v) is 4.32. The van der Waals surface area contributed by atoms with Crippen molar-refractivity contribution in [2.75, 3.05) is 49.5 Å². The first-order valence-electron chi connectivity index (χ1n) is 11.3. The fraction of sp³-hybridized carbons (Fsp3) is 0.480. The zero-order valence-corrected chi connectivity index (χ0v) is 18.0. The average molecular weight is 408 g/mol. The first-order chi connectivity index (χ1) is 14.7. The van der Waals surface area contributed by atoms with Gasteiger partial charge in [0, 0.05) is 50.5 Å². The summed E-state index contributed by atoms with van der Waals surface area (Å²) in [5.41, 5.74) is 4.88. The van der Waals surface area contributed by atoms with Crippen LogP contribution in [0.4, 0.5) is 11.4 Å². The molecule has 0 saturated carbocycles. The minimum absolute atomic E-state index is 0.102. The summed E-state index contributed by atoms with van der Waals surface area (Å²) in [7, 11) is 0. The summed E-state index contributed by atoms with van der Waals surface area (Å²) in [5, 5.41) is 2.92. The third-order valence-electron chi connectivity index (χ3n) is 6.07. The van der Waals surface area contributed by atoms with Gasteiger partial charge in [0.1, 0.15) is 5.75 Å². The molecule has 5 heteroatoms. The van der Waals surface area contributed by atoms with Gasteiger partial charge in [0.2, 0.25) is 5.91 Å². The molecule has 1 amide bonds. The van der Waals surface area contributed by atoms with Crippen molar-refractivity contribution in [1.29, 1.82) is 0 Å². The Labute approximate surface area is 180 Å². The van der Waals surface area contributed by atoms with E-state index in [0.717, 1.165) is 70.0 Å². The van der Waals surface area contributed by atoms with Crippen LogP contribution in [0.1, 0.15) is 37.3 Å². The standard InChI is InChI=1S/C25H33N3O2/c1-2-4-20-5-8-22(9-6-20)28-16-14-27(15-17-28)13-3-18-30-23-10-11-24-21(19-23)7-12-25(29)26-24/h5-6,8-11,19H,2-4,7,12-18H2,1H3,(H,26,29). The van der Waals surface area contributed by atoms with Crippen molar-refractivity contribution in [2.24, 2.45) is 0 Å². The minimum atomic E-state index is 0.102. The van der Waals surface area contributed by atoms with Gasteiger partial charge in [-0.3, -0.25) is 9.69 Å².